The molecule has 2 aliphatic rings. The Morgan fingerprint density at radius 1 is 1.00 bits per heavy atom. The molecule has 56 valence electrons. The van der Waals surface area contributed by atoms with Crippen LogP contribution in [0.2, 0.25) is 0 Å². The highest BCUT2D eigenvalue weighted by Gasteiger charge is 2.29. The van der Waals surface area contributed by atoms with Crippen molar-refractivity contribution < 1.29 is 9.59 Å². The highest BCUT2D eigenvalue weighted by molar-refractivity contribution is 6.02. The normalized spacial score (nSPS) is 34.5. The van der Waals surface area contributed by atoms with Crippen molar-refractivity contribution >= 4 is 11.6 Å². The van der Waals surface area contributed by atoms with Crippen LogP contribution in [-0.2, 0) is 9.59 Å². The number of rotatable bonds is 0. The van der Waals surface area contributed by atoms with E-state index in [-0.39, 0.29) is 23.4 Å². The summed E-state index contributed by atoms with van der Waals surface area (Å²) in [4.78, 5) is 22.1. The van der Waals surface area contributed by atoms with Gasteiger partial charge in [-0.25, -0.2) is 0 Å². The molecule has 0 spiro atoms. The zero-order valence-corrected chi connectivity index (χ0v) is 5.99. The minimum Gasteiger partial charge on any atom is -0.294 e. The predicted molar refractivity (Wildman–Crippen MR) is 39.9 cm³/mol. The fourth-order valence-electron chi connectivity index (χ4n) is 1.52. The summed E-state index contributed by atoms with van der Waals surface area (Å²) >= 11 is 0. The molecule has 2 aliphatic carbocycles. The number of hydrogen-bond acceptors (Lipinski definition) is 2. The van der Waals surface area contributed by atoms with E-state index in [0.29, 0.717) is 6.42 Å². The lowest BCUT2D eigenvalue weighted by molar-refractivity contribution is -0.121. The zero-order valence-electron chi connectivity index (χ0n) is 5.99. The average molecular weight is 148 g/mol. The van der Waals surface area contributed by atoms with E-state index in [1.165, 1.54) is 12.2 Å². The van der Waals surface area contributed by atoms with Crippen LogP contribution in [0.4, 0.5) is 0 Å². The predicted octanol–water partition coefficient (Wildman–Crippen LogP) is 0.887. The average Bonchev–Trinajstić information content (AvgIpc) is 2.02. The first-order chi connectivity index (χ1) is 5.27. The van der Waals surface area contributed by atoms with E-state index in [4.69, 9.17) is 0 Å². The van der Waals surface area contributed by atoms with Gasteiger partial charge < -0.3 is 0 Å². The largest absolute Gasteiger partial charge is 0.294 e. The van der Waals surface area contributed by atoms with Gasteiger partial charge in [0.15, 0.2) is 11.6 Å². The van der Waals surface area contributed by atoms with Crippen molar-refractivity contribution in [1.29, 1.82) is 0 Å². The molecule has 0 heterocycles. The van der Waals surface area contributed by atoms with Crippen LogP contribution >= 0.6 is 0 Å². The molecule has 2 atom stereocenters. The monoisotopic (exact) mass is 148 g/mol. The summed E-state index contributed by atoms with van der Waals surface area (Å²) in [5, 5.41) is 0. The summed E-state index contributed by atoms with van der Waals surface area (Å²) in [7, 11) is 0. The van der Waals surface area contributed by atoms with Gasteiger partial charge in [-0.05, 0) is 18.6 Å². The SMILES string of the molecule is O=C1C=C[C@H]2C[C@@H]1C=CC2=O. The summed E-state index contributed by atoms with van der Waals surface area (Å²) in [6, 6.07) is 0. The lowest BCUT2D eigenvalue weighted by Gasteiger charge is -2.22. The quantitative estimate of drug-likeness (QED) is 0.511. The van der Waals surface area contributed by atoms with Crippen LogP contribution in [0, 0.1) is 11.8 Å². The van der Waals surface area contributed by atoms with Gasteiger partial charge in [0.05, 0.1) is 0 Å². The number of hydrogen-bond donors (Lipinski definition) is 0. The molecule has 0 aromatic carbocycles. The second-order valence-corrected chi connectivity index (χ2v) is 2.97. The maximum Gasteiger partial charge on any atom is 0.162 e. The molecule has 0 aromatic heterocycles. The topological polar surface area (TPSA) is 34.1 Å². The number of allylic oxidation sites excluding steroid dienone is 4. The molecule has 0 radical (unpaired) electrons. The van der Waals surface area contributed by atoms with Crippen molar-refractivity contribution in [3.8, 4) is 0 Å². The Morgan fingerprint density at radius 2 is 1.45 bits per heavy atom. The second kappa shape index (κ2) is 2.16. The number of carbonyl (C=O) groups is 2. The van der Waals surface area contributed by atoms with Gasteiger partial charge in [-0.2, -0.15) is 0 Å². The van der Waals surface area contributed by atoms with Crippen molar-refractivity contribution in [2.75, 3.05) is 0 Å². The van der Waals surface area contributed by atoms with E-state index in [2.05, 4.69) is 0 Å². The van der Waals surface area contributed by atoms with Gasteiger partial charge in [-0.3, -0.25) is 9.59 Å². The fraction of sp³-hybridized carbons (Fsp3) is 0.333. The summed E-state index contributed by atoms with van der Waals surface area (Å²) in [6.07, 6.45) is 7.17. The summed E-state index contributed by atoms with van der Waals surface area (Å²) < 4.78 is 0. The summed E-state index contributed by atoms with van der Waals surface area (Å²) in [5.74, 6) is 0.209. The van der Waals surface area contributed by atoms with Crippen LogP contribution in [0.15, 0.2) is 24.3 Å². The summed E-state index contributed by atoms with van der Waals surface area (Å²) in [5.41, 5.74) is 0. The van der Waals surface area contributed by atoms with Gasteiger partial charge in [0.1, 0.15) is 0 Å². The molecule has 2 rings (SSSR count). The summed E-state index contributed by atoms with van der Waals surface area (Å²) in [6.45, 7) is 0. The maximum atomic E-state index is 11.1. The Bertz CT molecular complexity index is 245. The standard InChI is InChI=1S/C9H8O2/c10-8-3-1-6-5-7(8)2-4-9(6)11/h1-4,6-7H,5H2/t6-,7-/m0/s1. The van der Waals surface area contributed by atoms with Gasteiger partial charge >= 0.3 is 0 Å². The number of carbonyl (C=O) groups excluding carboxylic acids is 2. The molecule has 2 bridgehead atoms. The minimum absolute atomic E-state index is 0.0253. The first-order valence-electron chi connectivity index (χ1n) is 3.71. The van der Waals surface area contributed by atoms with E-state index >= 15 is 0 Å². The van der Waals surface area contributed by atoms with Crippen LogP contribution < -0.4 is 0 Å². The molecule has 0 fully saturated rings. The van der Waals surface area contributed by atoms with Gasteiger partial charge in [0.2, 0.25) is 0 Å². The highest BCUT2D eigenvalue weighted by Crippen LogP contribution is 2.26. The van der Waals surface area contributed by atoms with Crippen molar-refractivity contribution in [3.63, 3.8) is 0 Å². The Labute approximate surface area is 64.6 Å². The minimum atomic E-state index is -0.0253. The molecule has 0 saturated heterocycles. The first-order valence-corrected chi connectivity index (χ1v) is 3.71. The lowest BCUT2D eigenvalue weighted by atomic mass is 9.79. The van der Waals surface area contributed by atoms with Crippen molar-refractivity contribution in [3.05, 3.63) is 24.3 Å². The molecule has 2 nitrogen and oxygen atoms in total. The second-order valence-electron chi connectivity index (χ2n) is 2.97. The van der Waals surface area contributed by atoms with Gasteiger partial charge in [0.25, 0.3) is 0 Å². The fourth-order valence-corrected chi connectivity index (χ4v) is 1.52. The molecule has 0 unspecified atom stereocenters. The lowest BCUT2D eigenvalue weighted by Crippen LogP contribution is -2.27. The van der Waals surface area contributed by atoms with Crippen LogP contribution in [0.1, 0.15) is 6.42 Å². The molecule has 0 aromatic rings. The van der Waals surface area contributed by atoms with Gasteiger partial charge in [0, 0.05) is 11.8 Å². The Hall–Kier alpha value is -1.18. The third-order valence-electron chi connectivity index (χ3n) is 2.22. The molecule has 2 heteroatoms. The third-order valence-corrected chi connectivity index (χ3v) is 2.22. The smallest absolute Gasteiger partial charge is 0.162 e. The van der Waals surface area contributed by atoms with E-state index in [0.717, 1.165) is 0 Å². The maximum absolute atomic E-state index is 11.1. The van der Waals surface area contributed by atoms with Crippen LogP contribution in [0.5, 0.6) is 0 Å². The van der Waals surface area contributed by atoms with E-state index in [9.17, 15) is 9.59 Å². The molecular formula is C9H8O2. The Kier molecular flexibility index (Phi) is 1.28. The van der Waals surface area contributed by atoms with Crippen LogP contribution in [-0.4, -0.2) is 11.6 Å². The van der Waals surface area contributed by atoms with Crippen LogP contribution in [0.25, 0.3) is 0 Å². The Morgan fingerprint density at radius 3 is 1.91 bits per heavy atom. The number of ketones is 2. The van der Waals surface area contributed by atoms with Crippen molar-refractivity contribution in [2.24, 2.45) is 11.8 Å². The van der Waals surface area contributed by atoms with E-state index < -0.39 is 0 Å². The zero-order chi connectivity index (χ0) is 7.84. The van der Waals surface area contributed by atoms with Crippen molar-refractivity contribution in [2.45, 2.75) is 6.42 Å². The first kappa shape index (κ1) is 6.53. The Balaban J connectivity index is 2.38. The number of fused-ring (bicyclic) bond motifs is 2. The molecule has 0 N–H and O–H groups in total. The van der Waals surface area contributed by atoms with E-state index in [1.807, 2.05) is 0 Å². The van der Waals surface area contributed by atoms with Crippen LogP contribution in [0.3, 0.4) is 0 Å². The van der Waals surface area contributed by atoms with Gasteiger partial charge in [-0.15, -0.1) is 0 Å². The third kappa shape index (κ3) is 0.946. The molecule has 0 amide bonds. The van der Waals surface area contributed by atoms with E-state index in [1.54, 1.807) is 12.2 Å². The van der Waals surface area contributed by atoms with Gasteiger partial charge in [-0.1, -0.05) is 12.2 Å². The van der Waals surface area contributed by atoms with Crippen molar-refractivity contribution in [1.82, 2.24) is 0 Å². The molecule has 11 heavy (non-hydrogen) atoms. The highest BCUT2D eigenvalue weighted by atomic mass is 16.1. The molecular weight excluding hydrogens is 140 g/mol. The molecule has 0 aliphatic heterocycles. The molecule has 0 saturated carbocycles.